The second-order valence-corrected chi connectivity index (χ2v) is 13.9. The number of carbonyl (C=O) groups excluding carboxylic acids is 1. The van der Waals surface area contributed by atoms with Crippen molar-refractivity contribution in [3.8, 4) is 5.75 Å². The summed E-state index contributed by atoms with van der Waals surface area (Å²) in [5.41, 5.74) is 14.7. The van der Waals surface area contributed by atoms with Crippen molar-refractivity contribution in [3.05, 3.63) is 134 Å². The summed E-state index contributed by atoms with van der Waals surface area (Å²) in [5, 5.41) is 13.7. The zero-order valence-electron chi connectivity index (χ0n) is 26.0. The molecule has 4 aromatic carbocycles. The Labute approximate surface area is 293 Å². The average molecular weight is 724 g/mol. The third-order valence-electron chi connectivity index (χ3n) is 7.75. The molecule has 0 aromatic heterocycles. The number of rotatable bonds is 15. The Balaban J connectivity index is 1.56. The third kappa shape index (κ3) is 8.52. The molecule has 0 unspecified atom stereocenters. The van der Waals surface area contributed by atoms with Gasteiger partial charge in [0, 0.05) is 57.8 Å². The maximum atomic E-state index is 14.4. The molecule has 1 aliphatic heterocycles. The van der Waals surface area contributed by atoms with Gasteiger partial charge in [0.15, 0.2) is 21.5 Å². The van der Waals surface area contributed by atoms with E-state index in [1.807, 2.05) is 0 Å². The monoisotopic (exact) mass is 722 g/mol. The van der Waals surface area contributed by atoms with Crippen molar-refractivity contribution in [1.82, 2.24) is 10.9 Å². The number of aliphatic hydroxyl groups excluding tert-OH is 1. The Kier molecular flexibility index (Phi) is 11.8. The van der Waals surface area contributed by atoms with Crippen LogP contribution in [0.25, 0.3) is 10.4 Å². The Morgan fingerprint density at radius 2 is 1.78 bits per heavy atom. The van der Waals surface area contributed by atoms with E-state index in [9.17, 15) is 18.7 Å². The fraction of sp³-hybridized carbons (Fsp3) is 0.235. The normalized spacial score (nSPS) is 17.0. The second kappa shape index (κ2) is 16.2. The van der Waals surface area contributed by atoms with Gasteiger partial charge in [-0.1, -0.05) is 76.8 Å². The predicted molar refractivity (Wildman–Crippen MR) is 187 cm³/mol. The molecular weight excluding hydrogens is 691 g/mol. The van der Waals surface area contributed by atoms with Crippen LogP contribution < -0.4 is 15.6 Å². The number of hydrazine groups is 1. The fourth-order valence-corrected chi connectivity index (χ4v) is 7.09. The van der Waals surface area contributed by atoms with E-state index in [0.29, 0.717) is 45.5 Å². The molecule has 0 bridgehead atoms. The van der Waals surface area contributed by atoms with E-state index < -0.39 is 33.1 Å². The Morgan fingerprint density at radius 1 is 1.04 bits per heavy atom. The van der Waals surface area contributed by atoms with Crippen molar-refractivity contribution >= 4 is 50.5 Å². The first-order valence-corrected chi connectivity index (χ1v) is 17.6. The molecule has 254 valence electrons. The SMILES string of the molecule is [N-]=[N+]=Nc1ccccc1[C@@H]1OC(c2ccc(OCCCO)cc2)=N[C@]1(CCS(=O)(=O)c1ccccc1)C(=O)NNCc1ccc(Cl)cc1Cl. The van der Waals surface area contributed by atoms with E-state index in [4.69, 9.17) is 42.8 Å². The smallest absolute Gasteiger partial charge is 0.266 e. The number of aliphatic imine (C=N–C) groups is 1. The van der Waals surface area contributed by atoms with Crippen molar-refractivity contribution in [2.75, 3.05) is 19.0 Å². The molecule has 15 heteroatoms. The van der Waals surface area contributed by atoms with E-state index in [2.05, 4.69) is 20.9 Å². The molecule has 0 aliphatic carbocycles. The number of carbonyl (C=O) groups is 1. The van der Waals surface area contributed by atoms with Crippen LogP contribution in [0.1, 0.15) is 35.6 Å². The number of ether oxygens (including phenoxy) is 2. The van der Waals surface area contributed by atoms with Gasteiger partial charge in [-0.3, -0.25) is 10.2 Å². The molecule has 0 spiro atoms. The first kappa shape index (κ1) is 35.7. The second-order valence-electron chi connectivity index (χ2n) is 11.0. The Bertz CT molecular complexity index is 1970. The minimum Gasteiger partial charge on any atom is -0.494 e. The zero-order chi connectivity index (χ0) is 34.9. The highest BCUT2D eigenvalue weighted by atomic mass is 35.5. The maximum Gasteiger partial charge on any atom is 0.266 e. The number of amides is 1. The summed E-state index contributed by atoms with van der Waals surface area (Å²) in [4.78, 5) is 22.3. The molecule has 0 saturated carbocycles. The number of hydrogen-bond donors (Lipinski definition) is 3. The van der Waals surface area contributed by atoms with Gasteiger partial charge < -0.3 is 14.6 Å². The van der Waals surface area contributed by atoms with Crippen LogP contribution in [0.5, 0.6) is 5.75 Å². The first-order valence-electron chi connectivity index (χ1n) is 15.2. The highest BCUT2D eigenvalue weighted by Crippen LogP contribution is 2.46. The summed E-state index contributed by atoms with van der Waals surface area (Å²) in [6.45, 7) is 0.418. The Morgan fingerprint density at radius 3 is 2.49 bits per heavy atom. The molecule has 12 nitrogen and oxygen atoms in total. The summed E-state index contributed by atoms with van der Waals surface area (Å²) in [6, 6.07) is 26.2. The first-order chi connectivity index (χ1) is 23.7. The molecule has 0 radical (unpaired) electrons. The number of halogens is 2. The van der Waals surface area contributed by atoms with Crippen molar-refractivity contribution in [3.63, 3.8) is 0 Å². The quantitative estimate of drug-likeness (QED) is 0.0405. The molecule has 5 rings (SSSR count). The lowest BCUT2D eigenvalue weighted by atomic mass is 9.84. The average Bonchev–Trinajstić information content (AvgIpc) is 3.50. The molecular formula is C34H32Cl2N6O6S. The van der Waals surface area contributed by atoms with E-state index >= 15 is 0 Å². The standard InChI is InChI=1S/C34H32Cl2N6O6S/c35-25-14-11-24(29(36)21-25)22-38-41-33(44)34(17-20-49(45,46)27-7-2-1-3-8-27)31(28-9-4-5-10-30(28)40-42-37)48-32(39-34)23-12-15-26(16-13-23)47-19-6-18-43/h1-5,7-16,21,31,38,43H,6,17-20,22H2,(H,41,44)/t31-,34-/m0/s1. The van der Waals surface area contributed by atoms with Gasteiger partial charge in [-0.05, 0) is 59.6 Å². The molecule has 1 heterocycles. The van der Waals surface area contributed by atoms with Crippen LogP contribution in [0.3, 0.4) is 0 Å². The van der Waals surface area contributed by atoms with Crippen molar-refractivity contribution < 1.29 is 27.8 Å². The summed E-state index contributed by atoms with van der Waals surface area (Å²) < 4.78 is 39.2. The molecule has 0 fully saturated rings. The predicted octanol–water partition coefficient (Wildman–Crippen LogP) is 6.64. The minimum atomic E-state index is -3.89. The highest BCUT2D eigenvalue weighted by Gasteiger charge is 2.54. The summed E-state index contributed by atoms with van der Waals surface area (Å²) in [5.74, 6) is -0.550. The number of hydrogen-bond acceptors (Lipinski definition) is 9. The van der Waals surface area contributed by atoms with Crippen molar-refractivity contribution in [1.29, 1.82) is 0 Å². The number of nitrogens with one attached hydrogen (secondary N) is 2. The van der Waals surface area contributed by atoms with Crippen LogP contribution in [0.4, 0.5) is 5.69 Å². The van der Waals surface area contributed by atoms with Gasteiger partial charge in [0.05, 0.1) is 17.3 Å². The largest absolute Gasteiger partial charge is 0.494 e. The van der Waals surface area contributed by atoms with Crippen molar-refractivity contribution in [2.24, 2.45) is 10.1 Å². The minimum absolute atomic E-state index is 0.00677. The van der Waals surface area contributed by atoms with Crippen LogP contribution in [0.15, 0.2) is 112 Å². The lowest BCUT2D eigenvalue weighted by Crippen LogP contribution is -2.53. The topological polar surface area (TPSA) is 175 Å². The van der Waals surface area contributed by atoms with Crippen LogP contribution in [-0.4, -0.2) is 49.8 Å². The van der Waals surface area contributed by atoms with Gasteiger partial charge in [-0.25, -0.2) is 18.8 Å². The number of aliphatic hydroxyl groups is 1. The lowest BCUT2D eigenvalue weighted by molar-refractivity contribution is -0.130. The van der Waals surface area contributed by atoms with Gasteiger partial charge in [-0.15, -0.1) is 0 Å². The lowest BCUT2D eigenvalue weighted by Gasteiger charge is -2.31. The van der Waals surface area contributed by atoms with Crippen LogP contribution in [-0.2, 0) is 25.9 Å². The summed E-state index contributed by atoms with van der Waals surface area (Å²) in [6.07, 6.45) is -1.05. The zero-order valence-corrected chi connectivity index (χ0v) is 28.3. The highest BCUT2D eigenvalue weighted by molar-refractivity contribution is 7.91. The van der Waals surface area contributed by atoms with Gasteiger partial charge in [0.2, 0.25) is 5.90 Å². The fourth-order valence-electron chi connectivity index (χ4n) is 5.22. The number of sulfone groups is 1. The van der Waals surface area contributed by atoms with Gasteiger partial charge in [0.1, 0.15) is 5.75 Å². The molecule has 2 atom stereocenters. The summed E-state index contributed by atoms with van der Waals surface area (Å²) in [7, 11) is -3.89. The third-order valence-corrected chi connectivity index (χ3v) is 10.1. The molecule has 4 aromatic rings. The summed E-state index contributed by atoms with van der Waals surface area (Å²) >= 11 is 12.4. The van der Waals surface area contributed by atoms with Crippen LogP contribution in [0.2, 0.25) is 10.0 Å². The van der Waals surface area contributed by atoms with Crippen LogP contribution in [0, 0.1) is 0 Å². The van der Waals surface area contributed by atoms with Gasteiger partial charge >= 0.3 is 0 Å². The maximum absolute atomic E-state index is 14.4. The van der Waals surface area contributed by atoms with Gasteiger partial charge in [0.25, 0.3) is 5.91 Å². The Hall–Kier alpha value is -4.62. The molecule has 1 amide bonds. The number of nitrogens with zero attached hydrogens (tertiary/aromatic N) is 4. The molecule has 1 aliphatic rings. The van der Waals surface area contributed by atoms with E-state index in [1.165, 1.54) is 12.1 Å². The number of benzene rings is 4. The van der Waals surface area contributed by atoms with Crippen LogP contribution >= 0.6 is 23.2 Å². The number of azide groups is 1. The van der Waals surface area contributed by atoms with E-state index in [0.717, 1.165) is 0 Å². The van der Waals surface area contributed by atoms with E-state index in [1.54, 1.807) is 84.9 Å². The molecule has 0 saturated heterocycles. The van der Waals surface area contributed by atoms with Gasteiger partial charge in [-0.2, -0.15) is 0 Å². The van der Waals surface area contributed by atoms with Crippen molar-refractivity contribution in [2.45, 2.75) is 35.9 Å². The van der Waals surface area contributed by atoms with E-state index in [-0.39, 0.29) is 36.1 Å². The molecule has 3 N–H and O–H groups in total. The molecule has 49 heavy (non-hydrogen) atoms.